The van der Waals surface area contributed by atoms with Gasteiger partial charge in [-0.05, 0) is 72.2 Å². The van der Waals surface area contributed by atoms with Crippen LogP contribution in [0.1, 0.15) is 53.1 Å². The van der Waals surface area contributed by atoms with Gasteiger partial charge in [0.1, 0.15) is 0 Å². The standard InChI is InChI=1S/C21H23/c1-5-8-20-19-10-7-6-9-17(19)13-21(20)18-12-11-14(2)15(3)16(18)4/h6-7,9-13H,5,8H2,1-4H3. The van der Waals surface area contributed by atoms with Gasteiger partial charge in [0.2, 0.25) is 0 Å². The third kappa shape index (κ3) is 2.33. The van der Waals surface area contributed by atoms with Gasteiger partial charge in [0.15, 0.2) is 0 Å². The molecule has 0 fully saturated rings. The Morgan fingerprint density at radius 1 is 0.810 bits per heavy atom. The zero-order valence-electron chi connectivity index (χ0n) is 13.5. The summed E-state index contributed by atoms with van der Waals surface area (Å²) in [6.45, 7) is 8.95. The molecule has 0 heteroatoms. The normalized spacial score (nSPS) is 14.2. The molecule has 1 aliphatic carbocycles. The van der Waals surface area contributed by atoms with E-state index in [9.17, 15) is 0 Å². The second-order valence-corrected chi connectivity index (χ2v) is 6.05. The van der Waals surface area contributed by atoms with Gasteiger partial charge in [-0.3, -0.25) is 0 Å². The lowest BCUT2D eigenvalue weighted by molar-refractivity contribution is 0.872. The zero-order valence-corrected chi connectivity index (χ0v) is 13.5. The van der Waals surface area contributed by atoms with Crippen molar-refractivity contribution in [3.05, 3.63) is 75.7 Å². The van der Waals surface area contributed by atoms with E-state index in [-0.39, 0.29) is 0 Å². The summed E-state index contributed by atoms with van der Waals surface area (Å²) in [6.07, 6.45) is 4.71. The quantitative estimate of drug-likeness (QED) is 0.655. The maximum absolute atomic E-state index is 2.37. The molecule has 0 N–H and O–H groups in total. The van der Waals surface area contributed by atoms with Gasteiger partial charge < -0.3 is 0 Å². The van der Waals surface area contributed by atoms with Crippen molar-refractivity contribution >= 4 is 11.6 Å². The van der Waals surface area contributed by atoms with E-state index in [1.54, 1.807) is 0 Å². The summed E-state index contributed by atoms with van der Waals surface area (Å²) >= 11 is 0. The second kappa shape index (κ2) is 5.52. The van der Waals surface area contributed by atoms with Crippen LogP contribution in [0.2, 0.25) is 0 Å². The maximum Gasteiger partial charge on any atom is 0.0352 e. The molecule has 2 aromatic rings. The Kier molecular flexibility index (Phi) is 3.71. The fraction of sp³-hybridized carbons (Fsp3) is 0.286. The molecular formula is C21H23. The van der Waals surface area contributed by atoms with Gasteiger partial charge in [0, 0.05) is 5.92 Å². The fourth-order valence-corrected chi connectivity index (χ4v) is 3.29. The van der Waals surface area contributed by atoms with Crippen molar-refractivity contribution in [2.45, 2.75) is 40.5 Å². The molecule has 0 amide bonds. The average Bonchev–Trinajstić information content (AvgIpc) is 2.84. The molecule has 1 aliphatic rings. The molecule has 0 bridgehead atoms. The molecule has 107 valence electrons. The lowest BCUT2D eigenvalue weighted by atomic mass is 9.84. The minimum absolute atomic E-state index is 1.15. The van der Waals surface area contributed by atoms with Crippen LogP contribution < -0.4 is 0 Å². The molecule has 0 aromatic heterocycles. The van der Waals surface area contributed by atoms with Crippen molar-refractivity contribution in [2.24, 2.45) is 0 Å². The third-order valence-electron chi connectivity index (χ3n) is 4.76. The van der Waals surface area contributed by atoms with E-state index >= 15 is 0 Å². The monoisotopic (exact) mass is 275 g/mol. The molecule has 2 aromatic carbocycles. The summed E-state index contributed by atoms with van der Waals surface area (Å²) < 4.78 is 0. The van der Waals surface area contributed by atoms with Crippen LogP contribution in [0.15, 0.2) is 36.4 Å². The molecule has 0 heterocycles. The van der Waals surface area contributed by atoms with Gasteiger partial charge in [-0.2, -0.15) is 0 Å². The molecule has 0 saturated heterocycles. The van der Waals surface area contributed by atoms with Gasteiger partial charge in [0.25, 0.3) is 0 Å². The number of benzene rings is 2. The molecule has 0 unspecified atom stereocenters. The highest BCUT2D eigenvalue weighted by Crippen LogP contribution is 2.44. The van der Waals surface area contributed by atoms with Crippen LogP contribution in [0.3, 0.4) is 0 Å². The number of hydrogen-bond acceptors (Lipinski definition) is 0. The van der Waals surface area contributed by atoms with Gasteiger partial charge in [0.05, 0.1) is 0 Å². The SMILES string of the molecule is CCC[C]1C(c2ccc(C)c(C)c2C)=Cc2ccccc21. The van der Waals surface area contributed by atoms with Crippen LogP contribution in [0.4, 0.5) is 0 Å². The van der Waals surface area contributed by atoms with Crippen molar-refractivity contribution in [1.29, 1.82) is 0 Å². The minimum atomic E-state index is 1.15. The largest absolute Gasteiger partial charge is 0.0653 e. The fourth-order valence-electron chi connectivity index (χ4n) is 3.29. The molecule has 0 saturated carbocycles. The van der Waals surface area contributed by atoms with Crippen LogP contribution in [0.5, 0.6) is 0 Å². The van der Waals surface area contributed by atoms with Gasteiger partial charge in [-0.15, -0.1) is 0 Å². The average molecular weight is 275 g/mol. The molecule has 0 nitrogen and oxygen atoms in total. The first-order chi connectivity index (χ1) is 10.1. The van der Waals surface area contributed by atoms with E-state index in [4.69, 9.17) is 0 Å². The Balaban J connectivity index is 2.13. The summed E-state index contributed by atoms with van der Waals surface area (Å²) in [4.78, 5) is 0. The molecule has 3 rings (SSSR count). The predicted molar refractivity (Wildman–Crippen MR) is 92.2 cm³/mol. The first-order valence-corrected chi connectivity index (χ1v) is 7.88. The predicted octanol–water partition coefficient (Wildman–Crippen LogP) is 5.89. The molecule has 21 heavy (non-hydrogen) atoms. The first-order valence-electron chi connectivity index (χ1n) is 7.88. The summed E-state index contributed by atoms with van der Waals surface area (Å²) in [5.74, 6) is 1.51. The van der Waals surface area contributed by atoms with Crippen LogP contribution in [-0.4, -0.2) is 0 Å². The third-order valence-corrected chi connectivity index (χ3v) is 4.76. The van der Waals surface area contributed by atoms with E-state index < -0.39 is 0 Å². The van der Waals surface area contributed by atoms with Gasteiger partial charge in [-0.25, -0.2) is 0 Å². The van der Waals surface area contributed by atoms with Crippen molar-refractivity contribution in [2.75, 3.05) is 0 Å². The molecular weight excluding hydrogens is 252 g/mol. The van der Waals surface area contributed by atoms with Gasteiger partial charge in [-0.1, -0.05) is 49.7 Å². The highest BCUT2D eigenvalue weighted by atomic mass is 14.3. The van der Waals surface area contributed by atoms with E-state index in [2.05, 4.69) is 70.2 Å². The Bertz CT molecular complexity index is 704. The minimum Gasteiger partial charge on any atom is -0.0653 e. The topological polar surface area (TPSA) is 0 Å². The van der Waals surface area contributed by atoms with Crippen LogP contribution in [-0.2, 0) is 0 Å². The lowest BCUT2D eigenvalue weighted by Gasteiger charge is -2.19. The smallest absolute Gasteiger partial charge is 0.0352 e. The van der Waals surface area contributed by atoms with Crippen LogP contribution >= 0.6 is 0 Å². The number of hydrogen-bond donors (Lipinski definition) is 0. The molecule has 1 radical (unpaired) electrons. The van der Waals surface area contributed by atoms with Crippen molar-refractivity contribution in [1.82, 2.24) is 0 Å². The highest BCUT2D eigenvalue weighted by molar-refractivity contribution is 5.99. The number of aryl methyl sites for hydroxylation is 1. The molecule has 0 spiro atoms. The summed E-state index contributed by atoms with van der Waals surface area (Å²) in [6, 6.07) is 13.3. The molecule has 0 aliphatic heterocycles. The first kappa shape index (κ1) is 14.1. The van der Waals surface area contributed by atoms with E-state index in [0.717, 1.165) is 6.42 Å². The van der Waals surface area contributed by atoms with Crippen LogP contribution in [0.25, 0.3) is 11.6 Å². The Morgan fingerprint density at radius 2 is 1.57 bits per heavy atom. The Morgan fingerprint density at radius 3 is 2.33 bits per heavy atom. The maximum atomic E-state index is 2.37. The van der Waals surface area contributed by atoms with Crippen LogP contribution in [0, 0.1) is 26.7 Å². The number of rotatable bonds is 3. The lowest BCUT2D eigenvalue weighted by Crippen LogP contribution is -2.02. The van der Waals surface area contributed by atoms with E-state index in [1.807, 2.05) is 0 Å². The molecule has 0 atom stereocenters. The Labute approximate surface area is 128 Å². The summed E-state index contributed by atoms with van der Waals surface area (Å²) in [7, 11) is 0. The highest BCUT2D eigenvalue weighted by Gasteiger charge is 2.27. The number of fused-ring (bicyclic) bond motifs is 1. The second-order valence-electron chi connectivity index (χ2n) is 6.05. The summed E-state index contributed by atoms with van der Waals surface area (Å²) in [5.41, 5.74) is 9.84. The van der Waals surface area contributed by atoms with Gasteiger partial charge >= 0.3 is 0 Å². The van der Waals surface area contributed by atoms with Crippen molar-refractivity contribution < 1.29 is 0 Å². The zero-order chi connectivity index (χ0) is 15.0. The van der Waals surface area contributed by atoms with E-state index in [1.165, 1.54) is 51.3 Å². The van der Waals surface area contributed by atoms with Crippen molar-refractivity contribution in [3.63, 3.8) is 0 Å². The number of allylic oxidation sites excluding steroid dienone is 1. The Hall–Kier alpha value is -1.82. The van der Waals surface area contributed by atoms with Crippen molar-refractivity contribution in [3.8, 4) is 0 Å². The van der Waals surface area contributed by atoms with E-state index in [0.29, 0.717) is 0 Å². The summed E-state index contributed by atoms with van der Waals surface area (Å²) in [5, 5.41) is 0.